The zero-order valence-corrected chi connectivity index (χ0v) is 9.20. The van der Waals surface area contributed by atoms with Gasteiger partial charge in [0, 0.05) is 0 Å². The average Bonchev–Trinajstić information content (AvgIpc) is 2.01. The highest BCUT2D eigenvalue weighted by Gasteiger charge is 2.22. The van der Waals surface area contributed by atoms with Gasteiger partial charge in [-0.15, -0.1) is 0 Å². The van der Waals surface area contributed by atoms with E-state index in [2.05, 4.69) is 0 Å². The maximum absolute atomic E-state index is 10.1. The van der Waals surface area contributed by atoms with Crippen LogP contribution in [0.5, 0.6) is 0 Å². The molecule has 9 N–H and O–H groups in total. The van der Waals surface area contributed by atoms with E-state index in [0.29, 0.717) is 13.0 Å². The number of hydrogen-bond acceptors (Lipinski definition) is 7. The highest BCUT2D eigenvalue weighted by Crippen LogP contribution is 1.96. The van der Waals surface area contributed by atoms with E-state index in [1.807, 2.05) is 0 Å². The zero-order valence-electron chi connectivity index (χ0n) is 8.20. The number of carboxylic acid groups (broad SMARTS) is 1. The summed E-state index contributed by atoms with van der Waals surface area (Å²) in [6, 6.07) is -0.716. The van der Waals surface area contributed by atoms with Crippen molar-refractivity contribution in [3.05, 3.63) is 0 Å². The summed E-state index contributed by atoms with van der Waals surface area (Å²) >= 11 is 0. The van der Waals surface area contributed by atoms with Crippen molar-refractivity contribution in [1.29, 1.82) is 0 Å². The molecule has 1 atom stereocenters. The van der Waals surface area contributed by atoms with Gasteiger partial charge in [-0.3, -0.25) is 4.79 Å². The number of carboxylic acids is 1. The lowest BCUT2D eigenvalue weighted by atomic mass is 10.1. The molecule has 0 aliphatic rings. The molecular formula is C6H18N2O6Si. The lowest BCUT2D eigenvalue weighted by Gasteiger charge is -2.03. The largest absolute Gasteiger partial charge is 0.668 e. The Kier molecular flexibility index (Phi) is 9.81. The van der Waals surface area contributed by atoms with E-state index in [1.54, 1.807) is 0 Å². The van der Waals surface area contributed by atoms with E-state index in [4.69, 9.17) is 35.8 Å². The van der Waals surface area contributed by atoms with Gasteiger partial charge in [0.2, 0.25) is 0 Å². The van der Waals surface area contributed by atoms with Crippen LogP contribution < -0.4 is 11.5 Å². The Labute approximate surface area is 88.3 Å². The summed E-state index contributed by atoms with van der Waals surface area (Å²) in [6.07, 6.45) is 2.16. The molecule has 0 aromatic rings. The van der Waals surface area contributed by atoms with Crippen molar-refractivity contribution in [3.63, 3.8) is 0 Å². The molecule has 0 bridgehead atoms. The smallest absolute Gasteiger partial charge is 0.480 e. The molecule has 0 spiro atoms. The second-order valence-electron chi connectivity index (χ2n) is 2.83. The summed E-state index contributed by atoms with van der Waals surface area (Å²) in [6.45, 7) is 0.604. The molecule has 92 valence electrons. The van der Waals surface area contributed by atoms with Crippen LogP contribution in [0.25, 0.3) is 0 Å². The van der Waals surface area contributed by atoms with Gasteiger partial charge in [0.15, 0.2) is 0 Å². The van der Waals surface area contributed by atoms with Gasteiger partial charge in [0.05, 0.1) is 0 Å². The van der Waals surface area contributed by atoms with Crippen molar-refractivity contribution in [3.8, 4) is 0 Å². The van der Waals surface area contributed by atoms with Gasteiger partial charge >= 0.3 is 15.0 Å². The highest BCUT2D eigenvalue weighted by molar-refractivity contribution is 6.46. The Morgan fingerprint density at radius 1 is 1.20 bits per heavy atom. The molecule has 0 aromatic heterocycles. The van der Waals surface area contributed by atoms with Gasteiger partial charge in [-0.1, -0.05) is 6.42 Å². The van der Waals surface area contributed by atoms with Gasteiger partial charge < -0.3 is 35.8 Å². The van der Waals surface area contributed by atoms with E-state index >= 15 is 0 Å². The van der Waals surface area contributed by atoms with Crippen LogP contribution in [0, 0.1) is 0 Å². The summed E-state index contributed by atoms with van der Waals surface area (Å²) < 4.78 is 0. The fourth-order valence-electron chi connectivity index (χ4n) is 0.632. The van der Waals surface area contributed by atoms with Gasteiger partial charge in [-0.2, -0.15) is 0 Å². The molecule has 0 saturated heterocycles. The van der Waals surface area contributed by atoms with Crippen molar-refractivity contribution in [1.82, 2.24) is 0 Å². The minimum Gasteiger partial charge on any atom is -0.480 e. The van der Waals surface area contributed by atoms with Gasteiger partial charge in [-0.25, -0.2) is 0 Å². The maximum Gasteiger partial charge on any atom is 0.668 e. The first-order chi connectivity index (χ1) is 6.68. The third-order valence-electron chi connectivity index (χ3n) is 1.29. The van der Waals surface area contributed by atoms with Crippen LogP contribution in [-0.2, 0) is 4.79 Å². The lowest BCUT2D eigenvalue weighted by Crippen LogP contribution is -2.33. The lowest BCUT2D eigenvalue weighted by molar-refractivity contribution is -0.138. The second-order valence-corrected chi connectivity index (χ2v) is 4.03. The number of aliphatic carboxylic acids is 1. The SMILES string of the molecule is NCCCC[C@H](N)C(=O)O.O[Si](O)(O)O. The summed E-state index contributed by atoms with van der Waals surface area (Å²) in [5.41, 5.74) is 10.4. The Morgan fingerprint density at radius 3 is 1.87 bits per heavy atom. The first kappa shape index (κ1) is 16.9. The molecule has 0 heterocycles. The monoisotopic (exact) mass is 242 g/mol. The van der Waals surface area contributed by atoms with Crippen LogP contribution in [0.2, 0.25) is 0 Å². The molecule has 0 aromatic carbocycles. The summed E-state index contributed by atoms with van der Waals surface area (Å²) in [5, 5.41) is 8.33. The molecule has 9 heteroatoms. The summed E-state index contributed by atoms with van der Waals surface area (Å²) in [4.78, 5) is 39.4. The standard InChI is InChI=1S/C6H14N2O2.H4O4Si/c7-4-2-1-3-5(8)6(9)10;1-5(2,3)4/h5H,1-4,7-8H2,(H,9,10);1-4H/t5-;/m0./s1. The first-order valence-corrected chi connectivity index (χ1v) is 6.05. The van der Waals surface area contributed by atoms with Gasteiger partial charge in [-0.05, 0) is 19.4 Å². The summed E-state index contributed by atoms with van der Waals surface area (Å²) in [5.74, 6) is -0.933. The van der Waals surface area contributed by atoms with Crippen molar-refractivity contribution in [2.45, 2.75) is 25.3 Å². The fraction of sp³-hybridized carbons (Fsp3) is 0.833. The maximum atomic E-state index is 10.1. The summed E-state index contributed by atoms with van der Waals surface area (Å²) in [7, 11) is -4.61. The van der Waals surface area contributed by atoms with Crippen molar-refractivity contribution in [2.75, 3.05) is 6.54 Å². The third kappa shape index (κ3) is 24.7. The Hall–Kier alpha value is -0.553. The molecule has 0 amide bonds. The van der Waals surface area contributed by atoms with Crippen LogP contribution in [0.1, 0.15) is 19.3 Å². The molecule has 0 unspecified atom stereocenters. The predicted molar refractivity (Wildman–Crippen MR) is 53.1 cm³/mol. The van der Waals surface area contributed by atoms with E-state index in [9.17, 15) is 4.79 Å². The van der Waals surface area contributed by atoms with E-state index in [1.165, 1.54) is 0 Å². The van der Waals surface area contributed by atoms with E-state index in [-0.39, 0.29) is 0 Å². The van der Waals surface area contributed by atoms with E-state index < -0.39 is 21.1 Å². The van der Waals surface area contributed by atoms with E-state index in [0.717, 1.165) is 12.8 Å². The second kappa shape index (κ2) is 8.73. The highest BCUT2D eigenvalue weighted by atomic mass is 28.4. The molecule has 0 rings (SSSR count). The molecule has 0 fully saturated rings. The Bertz CT molecular complexity index is 167. The van der Waals surface area contributed by atoms with Crippen molar-refractivity contribution >= 4 is 15.0 Å². The zero-order chi connectivity index (χ0) is 12.5. The van der Waals surface area contributed by atoms with Crippen molar-refractivity contribution in [2.24, 2.45) is 11.5 Å². The van der Waals surface area contributed by atoms with Crippen molar-refractivity contribution < 1.29 is 29.1 Å². The quantitative estimate of drug-likeness (QED) is 0.196. The number of hydrogen-bond donors (Lipinski definition) is 7. The topological polar surface area (TPSA) is 170 Å². The number of nitrogens with two attached hydrogens (primary N) is 2. The number of carbonyl (C=O) groups is 1. The minimum absolute atomic E-state index is 0.520. The average molecular weight is 242 g/mol. The normalized spacial score (nSPS) is 12.7. The predicted octanol–water partition coefficient (Wildman–Crippen LogP) is -3.08. The Balaban J connectivity index is 0. The van der Waals surface area contributed by atoms with Gasteiger partial charge in [0.1, 0.15) is 6.04 Å². The number of rotatable bonds is 5. The molecule has 0 aliphatic carbocycles. The van der Waals surface area contributed by atoms with Crippen LogP contribution in [0.3, 0.4) is 0 Å². The van der Waals surface area contributed by atoms with Crippen LogP contribution in [0.4, 0.5) is 0 Å². The molecule has 8 nitrogen and oxygen atoms in total. The minimum atomic E-state index is -4.61. The fourth-order valence-corrected chi connectivity index (χ4v) is 0.632. The molecular weight excluding hydrogens is 224 g/mol. The molecule has 0 aliphatic heterocycles. The van der Waals surface area contributed by atoms with Crippen LogP contribution in [-0.4, -0.2) is 51.9 Å². The number of unbranched alkanes of at least 4 members (excludes halogenated alkanes) is 1. The van der Waals surface area contributed by atoms with Crippen LogP contribution >= 0.6 is 0 Å². The van der Waals surface area contributed by atoms with Gasteiger partial charge in [0.25, 0.3) is 0 Å². The molecule has 15 heavy (non-hydrogen) atoms. The molecule has 0 saturated carbocycles. The Morgan fingerprint density at radius 2 is 1.60 bits per heavy atom. The first-order valence-electron chi connectivity index (χ1n) is 4.26. The third-order valence-corrected chi connectivity index (χ3v) is 1.29. The van der Waals surface area contributed by atoms with Crippen LogP contribution in [0.15, 0.2) is 0 Å². The molecule has 0 radical (unpaired) electrons.